The van der Waals surface area contributed by atoms with Gasteiger partial charge in [0.1, 0.15) is 11.6 Å². The number of thioether (sulfide) groups is 1. The molecule has 112 valence electrons. The Morgan fingerprint density at radius 1 is 1.52 bits per heavy atom. The lowest BCUT2D eigenvalue weighted by Crippen LogP contribution is -2.24. The highest BCUT2D eigenvalue weighted by molar-refractivity contribution is 7.99. The molecule has 7 nitrogen and oxygen atoms in total. The second-order valence-electron chi connectivity index (χ2n) is 4.85. The van der Waals surface area contributed by atoms with Crippen LogP contribution in [0, 0.1) is 0 Å². The van der Waals surface area contributed by atoms with Crippen LogP contribution >= 0.6 is 11.8 Å². The Bertz CT molecular complexity index is 606. The van der Waals surface area contributed by atoms with Crippen LogP contribution in [0.15, 0.2) is 28.0 Å². The Balaban J connectivity index is 1.52. The van der Waals surface area contributed by atoms with Crippen molar-refractivity contribution in [3.63, 3.8) is 0 Å². The summed E-state index contributed by atoms with van der Waals surface area (Å²) in [5.41, 5.74) is 5.67. The van der Waals surface area contributed by atoms with Gasteiger partial charge in [0.15, 0.2) is 5.16 Å². The maximum atomic E-state index is 11.8. The first-order chi connectivity index (χ1) is 10.3. The molecule has 1 aliphatic rings. The number of nitrogens with zero attached hydrogens (tertiary/aromatic N) is 3. The van der Waals surface area contributed by atoms with Gasteiger partial charge < -0.3 is 20.0 Å². The van der Waals surface area contributed by atoms with E-state index in [4.69, 9.17) is 10.2 Å². The highest BCUT2D eigenvalue weighted by atomic mass is 32.2. The number of nitrogens with one attached hydrogen (secondary N) is 1. The van der Waals surface area contributed by atoms with Gasteiger partial charge in [-0.3, -0.25) is 4.79 Å². The Labute approximate surface area is 126 Å². The number of nitrogens with two attached hydrogens (primary N) is 1. The summed E-state index contributed by atoms with van der Waals surface area (Å²) in [5, 5.41) is 11.8. The first kappa shape index (κ1) is 14.2. The summed E-state index contributed by atoms with van der Waals surface area (Å²) in [6.07, 6.45) is 3.84. The maximum absolute atomic E-state index is 11.8. The second kappa shape index (κ2) is 6.31. The van der Waals surface area contributed by atoms with Crippen molar-refractivity contribution in [3.05, 3.63) is 30.0 Å². The van der Waals surface area contributed by atoms with Crippen molar-refractivity contribution in [3.8, 4) is 0 Å². The van der Waals surface area contributed by atoms with E-state index in [1.807, 2.05) is 6.07 Å². The van der Waals surface area contributed by atoms with Crippen LogP contribution in [0.5, 0.6) is 0 Å². The van der Waals surface area contributed by atoms with Crippen LogP contribution in [0.4, 0.5) is 0 Å². The van der Waals surface area contributed by atoms with Crippen LogP contribution in [0.2, 0.25) is 0 Å². The number of carbonyl (C=O) groups excluding carboxylic acids is 1. The van der Waals surface area contributed by atoms with Crippen molar-refractivity contribution >= 4 is 17.7 Å². The molecule has 0 radical (unpaired) electrons. The van der Waals surface area contributed by atoms with E-state index >= 15 is 0 Å². The number of carbonyl (C=O) groups is 1. The Morgan fingerprint density at radius 2 is 2.38 bits per heavy atom. The number of aromatic nitrogens is 3. The van der Waals surface area contributed by atoms with Crippen LogP contribution in [0.1, 0.15) is 30.5 Å². The summed E-state index contributed by atoms with van der Waals surface area (Å²) in [7, 11) is 0. The summed E-state index contributed by atoms with van der Waals surface area (Å²) in [6.45, 7) is 0.768. The second-order valence-corrected chi connectivity index (χ2v) is 5.79. The van der Waals surface area contributed by atoms with E-state index in [-0.39, 0.29) is 5.91 Å². The molecule has 3 rings (SSSR count). The molecular weight excluding hydrogens is 290 g/mol. The van der Waals surface area contributed by atoms with Crippen molar-refractivity contribution in [2.45, 2.75) is 37.1 Å². The van der Waals surface area contributed by atoms with Crippen molar-refractivity contribution in [1.82, 2.24) is 20.1 Å². The van der Waals surface area contributed by atoms with Gasteiger partial charge in [0, 0.05) is 6.04 Å². The summed E-state index contributed by atoms with van der Waals surface area (Å²) >= 11 is 1.39. The molecule has 2 heterocycles. The van der Waals surface area contributed by atoms with Gasteiger partial charge in [0.05, 0.1) is 25.1 Å². The summed E-state index contributed by atoms with van der Waals surface area (Å²) < 4.78 is 7.22. The lowest BCUT2D eigenvalue weighted by molar-refractivity contribution is -0.118. The van der Waals surface area contributed by atoms with Gasteiger partial charge in [0.2, 0.25) is 5.91 Å². The molecule has 3 N–H and O–H groups in total. The average Bonchev–Trinajstić information content (AvgIpc) is 3.04. The molecular formula is C13H17N5O2S. The zero-order valence-electron chi connectivity index (χ0n) is 11.5. The van der Waals surface area contributed by atoms with Gasteiger partial charge in [-0.2, -0.15) is 0 Å². The molecule has 1 aliphatic carbocycles. The van der Waals surface area contributed by atoms with E-state index in [1.54, 1.807) is 12.3 Å². The molecule has 1 saturated carbocycles. The maximum Gasteiger partial charge on any atom is 0.230 e. The molecule has 1 fully saturated rings. The van der Waals surface area contributed by atoms with Gasteiger partial charge in [-0.1, -0.05) is 11.8 Å². The van der Waals surface area contributed by atoms with E-state index in [0.717, 1.165) is 29.6 Å². The number of hydrogen-bond acceptors (Lipinski definition) is 6. The molecule has 21 heavy (non-hydrogen) atoms. The van der Waals surface area contributed by atoms with Crippen LogP contribution in [0.25, 0.3) is 0 Å². The Morgan fingerprint density at radius 3 is 3.05 bits per heavy atom. The van der Waals surface area contributed by atoms with E-state index in [0.29, 0.717) is 24.9 Å². The summed E-state index contributed by atoms with van der Waals surface area (Å²) in [4.78, 5) is 11.8. The minimum absolute atomic E-state index is 0.0592. The van der Waals surface area contributed by atoms with Gasteiger partial charge >= 0.3 is 0 Å². The quantitative estimate of drug-likeness (QED) is 0.742. The number of amides is 1. The Hall–Kier alpha value is -1.80. The predicted molar refractivity (Wildman–Crippen MR) is 77.5 cm³/mol. The monoisotopic (exact) mass is 307 g/mol. The predicted octanol–water partition coefficient (Wildman–Crippen LogP) is 1.07. The SMILES string of the molecule is NCc1nnc(SCC(=O)NCc2ccco2)n1C1CC1. The molecule has 0 atom stereocenters. The van der Waals surface area contributed by atoms with E-state index in [2.05, 4.69) is 20.1 Å². The van der Waals surface area contributed by atoms with Crippen molar-refractivity contribution < 1.29 is 9.21 Å². The van der Waals surface area contributed by atoms with E-state index < -0.39 is 0 Å². The zero-order chi connectivity index (χ0) is 14.7. The molecule has 0 aromatic carbocycles. The Kier molecular flexibility index (Phi) is 4.26. The minimum Gasteiger partial charge on any atom is -0.467 e. The molecule has 0 spiro atoms. The fourth-order valence-corrected chi connectivity index (χ4v) is 2.88. The van der Waals surface area contributed by atoms with Crippen LogP contribution in [-0.2, 0) is 17.9 Å². The largest absolute Gasteiger partial charge is 0.467 e. The number of hydrogen-bond donors (Lipinski definition) is 2. The normalized spacial score (nSPS) is 14.3. The lowest BCUT2D eigenvalue weighted by Gasteiger charge is -2.07. The molecule has 0 saturated heterocycles. The molecule has 0 bridgehead atoms. The minimum atomic E-state index is -0.0592. The average molecular weight is 307 g/mol. The van der Waals surface area contributed by atoms with E-state index in [1.165, 1.54) is 11.8 Å². The van der Waals surface area contributed by atoms with Gasteiger partial charge in [0.25, 0.3) is 0 Å². The molecule has 1 amide bonds. The number of furan rings is 1. The fourth-order valence-electron chi connectivity index (χ4n) is 2.02. The van der Waals surface area contributed by atoms with Crippen LogP contribution in [0.3, 0.4) is 0 Å². The summed E-state index contributed by atoms with van der Waals surface area (Å²) in [5.74, 6) is 1.77. The zero-order valence-corrected chi connectivity index (χ0v) is 12.3. The number of rotatable bonds is 7. The third kappa shape index (κ3) is 3.45. The van der Waals surface area contributed by atoms with E-state index in [9.17, 15) is 4.79 Å². The van der Waals surface area contributed by atoms with Gasteiger partial charge in [-0.25, -0.2) is 0 Å². The summed E-state index contributed by atoms with van der Waals surface area (Å²) in [6, 6.07) is 4.07. The van der Waals surface area contributed by atoms with Crippen LogP contribution in [-0.4, -0.2) is 26.4 Å². The topological polar surface area (TPSA) is 99.0 Å². The van der Waals surface area contributed by atoms with Crippen molar-refractivity contribution in [2.24, 2.45) is 5.73 Å². The van der Waals surface area contributed by atoms with Crippen LogP contribution < -0.4 is 11.1 Å². The lowest BCUT2D eigenvalue weighted by atomic mass is 10.4. The van der Waals surface area contributed by atoms with Gasteiger partial charge in [-0.15, -0.1) is 10.2 Å². The molecule has 8 heteroatoms. The molecule has 2 aromatic rings. The van der Waals surface area contributed by atoms with Crippen molar-refractivity contribution in [2.75, 3.05) is 5.75 Å². The molecule has 0 aliphatic heterocycles. The third-order valence-corrected chi connectivity index (χ3v) is 4.15. The highest BCUT2D eigenvalue weighted by Crippen LogP contribution is 2.38. The van der Waals surface area contributed by atoms with Crippen molar-refractivity contribution in [1.29, 1.82) is 0 Å². The first-order valence-corrected chi connectivity index (χ1v) is 7.82. The first-order valence-electron chi connectivity index (χ1n) is 6.83. The smallest absolute Gasteiger partial charge is 0.230 e. The fraction of sp³-hybridized carbons (Fsp3) is 0.462. The molecule has 0 unspecified atom stereocenters. The standard InChI is InChI=1S/C13H17N5O2S/c14-6-11-16-17-13(18(11)9-3-4-9)21-8-12(19)15-7-10-2-1-5-20-10/h1-2,5,9H,3-4,6-8,14H2,(H,15,19). The van der Waals surface area contributed by atoms with Gasteiger partial charge in [-0.05, 0) is 25.0 Å². The third-order valence-electron chi connectivity index (χ3n) is 3.20. The molecule has 2 aromatic heterocycles. The highest BCUT2D eigenvalue weighted by Gasteiger charge is 2.29.